The van der Waals surface area contributed by atoms with E-state index in [1.807, 2.05) is 53.4 Å². The van der Waals surface area contributed by atoms with Gasteiger partial charge in [0.2, 0.25) is 0 Å². The van der Waals surface area contributed by atoms with Crippen LogP contribution in [0.5, 0.6) is 5.75 Å². The Morgan fingerprint density at radius 3 is 2.59 bits per heavy atom. The lowest BCUT2D eigenvalue weighted by Crippen LogP contribution is -2.29. The fourth-order valence-corrected chi connectivity index (χ4v) is 5.87. The van der Waals surface area contributed by atoms with Crippen LogP contribution >= 0.6 is 23.8 Å². The molecule has 2 atom stereocenters. The van der Waals surface area contributed by atoms with Crippen LogP contribution in [-0.2, 0) is 0 Å². The predicted octanol–water partition coefficient (Wildman–Crippen LogP) is 7.19. The van der Waals surface area contributed by atoms with E-state index in [0.717, 1.165) is 30.0 Å². The van der Waals surface area contributed by atoms with Gasteiger partial charge >= 0.3 is 5.97 Å². The molecule has 2 N–H and O–H groups in total. The normalized spacial score (nSPS) is 19.3. The van der Waals surface area contributed by atoms with Gasteiger partial charge in [-0.15, -0.1) is 0 Å². The van der Waals surface area contributed by atoms with Crippen LogP contribution in [0.1, 0.15) is 59.6 Å². The molecule has 4 aromatic rings. The first kappa shape index (κ1) is 25.4. The van der Waals surface area contributed by atoms with Gasteiger partial charge in [-0.2, -0.15) is 0 Å². The molecule has 3 heterocycles. The maximum atomic E-state index is 11.5. The zero-order valence-corrected chi connectivity index (χ0v) is 22.5. The maximum absolute atomic E-state index is 11.5. The van der Waals surface area contributed by atoms with Crippen LogP contribution < -0.4 is 15.0 Å². The number of pyridine rings is 1. The van der Waals surface area contributed by atoms with Crippen LogP contribution in [0.15, 0.2) is 83.4 Å². The fraction of sp³-hybridized carbons (Fsp3) is 0.233. The van der Waals surface area contributed by atoms with Gasteiger partial charge in [-0.25, -0.2) is 4.79 Å². The van der Waals surface area contributed by atoms with Crippen molar-refractivity contribution < 1.29 is 19.1 Å². The van der Waals surface area contributed by atoms with Gasteiger partial charge in [0.25, 0.3) is 0 Å². The van der Waals surface area contributed by atoms with Crippen LogP contribution in [0.2, 0.25) is 5.02 Å². The summed E-state index contributed by atoms with van der Waals surface area (Å²) in [5, 5.41) is 13.8. The molecule has 2 aliphatic rings. The largest absolute Gasteiger partial charge is 0.490 e. The molecule has 2 aromatic heterocycles. The minimum Gasteiger partial charge on any atom is -0.490 e. The van der Waals surface area contributed by atoms with Gasteiger partial charge < -0.3 is 24.5 Å². The second-order valence-corrected chi connectivity index (χ2v) is 10.5. The second kappa shape index (κ2) is 10.7. The zero-order valence-electron chi connectivity index (χ0n) is 20.9. The summed E-state index contributed by atoms with van der Waals surface area (Å²) in [4.78, 5) is 18.2. The lowest BCUT2D eigenvalue weighted by atomic mass is 10.0. The summed E-state index contributed by atoms with van der Waals surface area (Å²) in [5.41, 5.74) is 2.34. The van der Waals surface area contributed by atoms with Gasteiger partial charge in [0.15, 0.2) is 5.11 Å². The molecule has 7 nitrogen and oxygen atoms in total. The number of hydrogen-bond acceptors (Lipinski definition) is 5. The molecule has 0 spiro atoms. The van der Waals surface area contributed by atoms with Crippen molar-refractivity contribution in [2.45, 2.75) is 43.9 Å². The highest BCUT2D eigenvalue weighted by Gasteiger charge is 2.42. The predicted molar refractivity (Wildman–Crippen MR) is 153 cm³/mol. The summed E-state index contributed by atoms with van der Waals surface area (Å²) in [6, 6.07) is 21.3. The summed E-state index contributed by atoms with van der Waals surface area (Å²) in [6.45, 7) is 0. The SMILES string of the molecule is O=C(O)c1ccc(Cl)c(-c2ccc([C@@H]3[C@H](c4ccccn4)NC(=S)N3c3ccc(OC4CCCC4)cc3)o2)c1. The van der Waals surface area contributed by atoms with E-state index in [9.17, 15) is 9.90 Å². The standard InChI is InChI=1S/C30H26ClN3O4S/c31-23-13-8-18(29(35)36)17-22(23)25-14-15-26(38-25)28-27(24-7-3-4-16-32-24)33-30(39)34(28)19-9-11-21(12-10-19)37-20-5-1-2-6-20/h3-4,7-17,20,27-28H,1-2,5-6H2,(H,33,39)(H,35,36)/t27-,28+/m0/s1. The van der Waals surface area contributed by atoms with Crippen LogP contribution in [0.3, 0.4) is 0 Å². The Labute approximate surface area is 236 Å². The number of anilines is 1. The number of aromatic carboxylic acids is 1. The molecule has 1 aliphatic heterocycles. The Morgan fingerprint density at radius 2 is 1.87 bits per heavy atom. The molecule has 9 heteroatoms. The quantitative estimate of drug-likeness (QED) is 0.230. The number of carboxylic acid groups (broad SMARTS) is 1. The first-order chi connectivity index (χ1) is 19.0. The van der Waals surface area contributed by atoms with Crippen molar-refractivity contribution in [1.82, 2.24) is 10.3 Å². The van der Waals surface area contributed by atoms with Gasteiger partial charge in [-0.3, -0.25) is 4.98 Å². The number of hydrogen-bond donors (Lipinski definition) is 2. The Morgan fingerprint density at radius 1 is 1.08 bits per heavy atom. The van der Waals surface area contributed by atoms with Crippen molar-refractivity contribution in [1.29, 1.82) is 0 Å². The van der Waals surface area contributed by atoms with Crippen molar-refractivity contribution in [3.8, 4) is 17.1 Å². The Balaban J connectivity index is 1.37. The van der Waals surface area contributed by atoms with Crippen molar-refractivity contribution in [3.05, 3.63) is 101 Å². The third kappa shape index (κ3) is 5.10. The molecule has 2 aromatic carbocycles. The van der Waals surface area contributed by atoms with Crippen molar-refractivity contribution in [3.63, 3.8) is 0 Å². The van der Waals surface area contributed by atoms with Crippen LogP contribution in [-0.4, -0.2) is 27.3 Å². The average Bonchev–Trinajstić information content (AvgIpc) is 3.70. The van der Waals surface area contributed by atoms with E-state index in [4.69, 9.17) is 33.0 Å². The third-order valence-corrected chi connectivity index (χ3v) is 7.86. The van der Waals surface area contributed by atoms with Gasteiger partial charge in [-0.05, 0) is 105 Å². The van der Waals surface area contributed by atoms with Crippen LogP contribution in [0.25, 0.3) is 11.3 Å². The molecule has 1 saturated carbocycles. The zero-order chi connectivity index (χ0) is 26.9. The lowest BCUT2D eigenvalue weighted by molar-refractivity contribution is 0.0697. The molecular formula is C30H26ClN3O4S. The highest BCUT2D eigenvalue weighted by molar-refractivity contribution is 7.80. The van der Waals surface area contributed by atoms with Crippen molar-refractivity contribution in [2.75, 3.05) is 4.90 Å². The van der Waals surface area contributed by atoms with Crippen LogP contribution in [0, 0.1) is 0 Å². The number of benzene rings is 2. The Bertz CT molecular complexity index is 1500. The van der Waals surface area contributed by atoms with E-state index in [0.29, 0.717) is 27.2 Å². The van der Waals surface area contributed by atoms with Gasteiger partial charge in [0, 0.05) is 17.4 Å². The third-order valence-electron chi connectivity index (χ3n) is 7.21. The summed E-state index contributed by atoms with van der Waals surface area (Å²) in [7, 11) is 0. The van der Waals surface area contributed by atoms with E-state index >= 15 is 0 Å². The second-order valence-electron chi connectivity index (χ2n) is 9.72. The van der Waals surface area contributed by atoms with E-state index in [1.54, 1.807) is 18.3 Å². The number of aromatic nitrogens is 1. The van der Waals surface area contributed by atoms with Crippen LogP contribution in [0.4, 0.5) is 5.69 Å². The molecule has 0 unspecified atom stereocenters. The molecular weight excluding hydrogens is 534 g/mol. The monoisotopic (exact) mass is 559 g/mol. The summed E-state index contributed by atoms with van der Waals surface area (Å²) in [6.07, 6.45) is 6.64. The molecule has 6 rings (SSSR count). The number of rotatable bonds is 7. The minimum atomic E-state index is -1.04. The number of ether oxygens (including phenoxy) is 1. The van der Waals surface area contributed by atoms with E-state index < -0.39 is 5.97 Å². The maximum Gasteiger partial charge on any atom is 0.335 e. The molecule has 0 amide bonds. The Hall–Kier alpha value is -3.88. The highest BCUT2D eigenvalue weighted by atomic mass is 35.5. The van der Waals surface area contributed by atoms with Gasteiger partial charge in [0.05, 0.1) is 28.4 Å². The first-order valence-corrected chi connectivity index (χ1v) is 13.7. The fourth-order valence-electron chi connectivity index (χ4n) is 5.31. The van der Waals surface area contributed by atoms with E-state index in [-0.39, 0.29) is 23.8 Å². The van der Waals surface area contributed by atoms with E-state index in [2.05, 4.69) is 10.3 Å². The van der Waals surface area contributed by atoms with E-state index in [1.165, 1.54) is 25.0 Å². The molecule has 2 fully saturated rings. The highest BCUT2D eigenvalue weighted by Crippen LogP contribution is 2.44. The van der Waals surface area contributed by atoms with Crippen molar-refractivity contribution in [2.24, 2.45) is 0 Å². The number of carboxylic acids is 1. The number of thiocarbonyl (C=S) groups is 1. The number of carbonyl (C=O) groups is 1. The smallest absolute Gasteiger partial charge is 0.335 e. The number of nitrogens with zero attached hydrogens (tertiary/aromatic N) is 2. The summed E-state index contributed by atoms with van der Waals surface area (Å²) < 4.78 is 12.5. The van der Waals surface area contributed by atoms with Gasteiger partial charge in [0.1, 0.15) is 23.3 Å². The van der Waals surface area contributed by atoms with Crippen molar-refractivity contribution >= 4 is 40.6 Å². The average molecular weight is 560 g/mol. The molecule has 39 heavy (non-hydrogen) atoms. The first-order valence-electron chi connectivity index (χ1n) is 12.9. The minimum absolute atomic E-state index is 0.129. The van der Waals surface area contributed by atoms with Gasteiger partial charge in [-0.1, -0.05) is 17.7 Å². The molecule has 0 radical (unpaired) electrons. The topological polar surface area (TPSA) is 87.8 Å². The molecule has 1 saturated heterocycles. The summed E-state index contributed by atoms with van der Waals surface area (Å²) >= 11 is 12.3. The number of halogens is 1. The molecule has 1 aliphatic carbocycles. The number of nitrogens with one attached hydrogen (secondary N) is 1. The summed E-state index contributed by atoms with van der Waals surface area (Å²) in [5.74, 6) is 0.911. The Kier molecular flexibility index (Phi) is 6.97. The number of furan rings is 1. The lowest BCUT2D eigenvalue weighted by Gasteiger charge is -2.26. The molecule has 0 bridgehead atoms. The molecule has 198 valence electrons.